The third kappa shape index (κ3) is 3.20. The zero-order chi connectivity index (χ0) is 20.7. The summed E-state index contributed by atoms with van der Waals surface area (Å²) >= 11 is 1.52. The van der Waals surface area contributed by atoms with Crippen LogP contribution in [0.15, 0.2) is 60.2 Å². The monoisotopic (exact) mass is 417 g/mol. The van der Waals surface area contributed by atoms with Gasteiger partial charge in [-0.1, -0.05) is 30.3 Å². The number of hydrogen-bond acceptors (Lipinski definition) is 7. The second kappa shape index (κ2) is 7.47. The summed E-state index contributed by atoms with van der Waals surface area (Å²) in [4.78, 5) is 28.5. The Hall–Kier alpha value is -3.36. The van der Waals surface area contributed by atoms with Gasteiger partial charge in [-0.2, -0.15) is 0 Å². The van der Waals surface area contributed by atoms with Crippen LogP contribution in [0, 0.1) is 0 Å². The lowest BCUT2D eigenvalue weighted by Crippen LogP contribution is -2.41. The SMILES string of the molecule is NC(=O)[C@H]1C[C@@H](O)CN1c1nc(-c2cccnc2)nc2scc(-c3ccccc3)c12. The van der Waals surface area contributed by atoms with Crippen molar-refractivity contribution in [1.82, 2.24) is 15.0 Å². The number of nitrogens with zero attached hydrogens (tertiary/aromatic N) is 4. The second-order valence-corrected chi connectivity index (χ2v) is 8.13. The molecule has 5 rings (SSSR count). The normalized spacial score (nSPS) is 18.8. The third-order valence-electron chi connectivity index (χ3n) is 5.30. The van der Waals surface area contributed by atoms with Gasteiger partial charge >= 0.3 is 0 Å². The van der Waals surface area contributed by atoms with E-state index in [2.05, 4.69) is 10.4 Å². The Labute approximate surface area is 176 Å². The molecule has 2 atom stereocenters. The number of amides is 1. The molecule has 0 radical (unpaired) electrons. The zero-order valence-corrected chi connectivity index (χ0v) is 16.8. The Morgan fingerprint density at radius 1 is 1.13 bits per heavy atom. The van der Waals surface area contributed by atoms with Gasteiger partial charge in [-0.3, -0.25) is 9.78 Å². The zero-order valence-electron chi connectivity index (χ0n) is 16.0. The molecule has 0 saturated carbocycles. The van der Waals surface area contributed by atoms with Crippen molar-refractivity contribution in [2.24, 2.45) is 5.73 Å². The standard InChI is InChI=1S/C22H19N5O2S/c23-19(29)17-9-15(28)11-27(17)21-18-16(13-5-2-1-3-6-13)12-30-22(18)26-20(25-21)14-7-4-8-24-10-14/h1-8,10,12,15,17,28H,9,11H2,(H2,23,29)/t15-,17-/m1/s1. The number of primary amides is 1. The van der Waals surface area contributed by atoms with E-state index >= 15 is 0 Å². The highest BCUT2D eigenvalue weighted by atomic mass is 32.1. The number of benzene rings is 1. The number of thiophene rings is 1. The molecule has 0 unspecified atom stereocenters. The van der Waals surface area contributed by atoms with Gasteiger partial charge in [0.15, 0.2) is 5.82 Å². The van der Waals surface area contributed by atoms with Gasteiger partial charge in [-0.25, -0.2) is 9.97 Å². The van der Waals surface area contributed by atoms with E-state index in [9.17, 15) is 9.90 Å². The van der Waals surface area contributed by atoms with E-state index in [1.807, 2.05) is 47.4 Å². The molecule has 1 aromatic carbocycles. The number of aliphatic hydroxyl groups excluding tert-OH is 1. The first-order valence-electron chi connectivity index (χ1n) is 9.61. The number of rotatable bonds is 4. The molecule has 0 aliphatic carbocycles. The van der Waals surface area contributed by atoms with E-state index in [1.165, 1.54) is 11.3 Å². The molecule has 3 N–H and O–H groups in total. The van der Waals surface area contributed by atoms with Gasteiger partial charge in [0.25, 0.3) is 0 Å². The van der Waals surface area contributed by atoms with Crippen molar-refractivity contribution in [2.45, 2.75) is 18.6 Å². The number of hydrogen-bond donors (Lipinski definition) is 2. The number of nitrogens with two attached hydrogens (primary N) is 1. The van der Waals surface area contributed by atoms with Gasteiger partial charge < -0.3 is 15.7 Å². The number of β-amino-alcohol motifs (C(OH)–C–C–N with tert-alkyl or cyclic N) is 1. The number of aliphatic hydroxyl groups is 1. The molecule has 1 aliphatic heterocycles. The molecular weight excluding hydrogens is 398 g/mol. The van der Waals surface area contributed by atoms with Crippen LogP contribution in [0.5, 0.6) is 0 Å². The first kappa shape index (κ1) is 18.7. The fraction of sp³-hybridized carbons (Fsp3) is 0.182. The van der Waals surface area contributed by atoms with Crippen molar-refractivity contribution >= 4 is 33.3 Å². The molecule has 150 valence electrons. The Balaban J connectivity index is 1.77. The Morgan fingerprint density at radius 3 is 2.67 bits per heavy atom. The summed E-state index contributed by atoms with van der Waals surface area (Å²) in [6, 6.07) is 13.1. The largest absolute Gasteiger partial charge is 0.391 e. The van der Waals surface area contributed by atoms with Gasteiger partial charge in [-0.15, -0.1) is 11.3 Å². The molecule has 7 nitrogen and oxygen atoms in total. The molecule has 3 aromatic heterocycles. The van der Waals surface area contributed by atoms with Crippen LogP contribution >= 0.6 is 11.3 Å². The summed E-state index contributed by atoms with van der Waals surface area (Å²) in [5, 5.41) is 13.2. The van der Waals surface area contributed by atoms with Crippen molar-refractivity contribution in [3.8, 4) is 22.5 Å². The summed E-state index contributed by atoms with van der Waals surface area (Å²) in [6.45, 7) is 0.288. The van der Waals surface area contributed by atoms with E-state index in [0.717, 1.165) is 26.9 Å². The molecule has 4 aromatic rings. The van der Waals surface area contributed by atoms with Gasteiger partial charge in [-0.05, 0) is 17.7 Å². The van der Waals surface area contributed by atoms with Crippen LogP contribution in [-0.4, -0.2) is 44.7 Å². The second-order valence-electron chi connectivity index (χ2n) is 7.27. The molecule has 1 saturated heterocycles. The van der Waals surface area contributed by atoms with Crippen LogP contribution in [0.2, 0.25) is 0 Å². The smallest absolute Gasteiger partial charge is 0.240 e. The summed E-state index contributed by atoms with van der Waals surface area (Å²) in [6.07, 6.45) is 3.05. The molecule has 0 spiro atoms. The summed E-state index contributed by atoms with van der Waals surface area (Å²) in [5.41, 5.74) is 8.48. The van der Waals surface area contributed by atoms with E-state index < -0.39 is 18.1 Å². The Morgan fingerprint density at radius 2 is 1.93 bits per heavy atom. The van der Waals surface area contributed by atoms with E-state index in [0.29, 0.717) is 11.6 Å². The van der Waals surface area contributed by atoms with Crippen molar-refractivity contribution in [3.05, 3.63) is 60.2 Å². The molecule has 4 heterocycles. The van der Waals surface area contributed by atoms with E-state index in [-0.39, 0.29) is 13.0 Å². The van der Waals surface area contributed by atoms with Crippen LogP contribution in [0.1, 0.15) is 6.42 Å². The Kier molecular flexibility index (Phi) is 4.65. The first-order chi connectivity index (χ1) is 14.6. The number of pyridine rings is 1. The summed E-state index contributed by atoms with van der Waals surface area (Å²) in [7, 11) is 0. The van der Waals surface area contributed by atoms with Crippen LogP contribution in [0.3, 0.4) is 0 Å². The predicted octanol–water partition coefficient (Wildman–Crippen LogP) is 2.85. The average molecular weight is 417 g/mol. The topological polar surface area (TPSA) is 105 Å². The van der Waals surface area contributed by atoms with Crippen molar-refractivity contribution < 1.29 is 9.90 Å². The summed E-state index contributed by atoms with van der Waals surface area (Å²) in [5.74, 6) is 0.661. The first-order valence-corrected chi connectivity index (χ1v) is 10.5. The van der Waals surface area contributed by atoms with Gasteiger partial charge in [0.05, 0.1) is 11.5 Å². The predicted molar refractivity (Wildman–Crippen MR) is 117 cm³/mol. The maximum atomic E-state index is 12.1. The fourth-order valence-electron chi connectivity index (χ4n) is 3.90. The van der Waals surface area contributed by atoms with Gasteiger partial charge in [0, 0.05) is 41.9 Å². The van der Waals surface area contributed by atoms with Gasteiger partial charge in [0.2, 0.25) is 5.91 Å². The molecule has 8 heteroatoms. The minimum atomic E-state index is -0.645. The van der Waals surface area contributed by atoms with Gasteiger partial charge in [0.1, 0.15) is 16.7 Å². The van der Waals surface area contributed by atoms with Crippen LogP contribution in [-0.2, 0) is 4.79 Å². The minimum Gasteiger partial charge on any atom is -0.391 e. The van der Waals surface area contributed by atoms with Crippen molar-refractivity contribution in [3.63, 3.8) is 0 Å². The van der Waals surface area contributed by atoms with Crippen LogP contribution in [0.25, 0.3) is 32.7 Å². The van der Waals surface area contributed by atoms with Crippen molar-refractivity contribution in [1.29, 1.82) is 0 Å². The van der Waals surface area contributed by atoms with E-state index in [4.69, 9.17) is 15.7 Å². The molecule has 30 heavy (non-hydrogen) atoms. The molecule has 1 amide bonds. The van der Waals surface area contributed by atoms with Crippen molar-refractivity contribution in [2.75, 3.05) is 11.4 Å². The maximum Gasteiger partial charge on any atom is 0.240 e. The van der Waals surface area contributed by atoms with Crippen LogP contribution < -0.4 is 10.6 Å². The fourth-order valence-corrected chi connectivity index (χ4v) is 4.84. The Bertz CT molecular complexity index is 1210. The minimum absolute atomic E-state index is 0.286. The lowest BCUT2D eigenvalue weighted by atomic mass is 10.1. The highest BCUT2D eigenvalue weighted by molar-refractivity contribution is 7.17. The highest BCUT2D eigenvalue weighted by Crippen LogP contribution is 2.41. The molecular formula is C22H19N5O2S. The summed E-state index contributed by atoms with van der Waals surface area (Å²) < 4.78 is 0. The average Bonchev–Trinajstić information content (AvgIpc) is 3.38. The number of fused-ring (bicyclic) bond motifs is 1. The lowest BCUT2D eigenvalue weighted by molar-refractivity contribution is -0.119. The number of carbonyl (C=O) groups excluding carboxylic acids is 1. The molecule has 1 aliphatic rings. The van der Waals surface area contributed by atoms with E-state index in [1.54, 1.807) is 12.4 Å². The maximum absolute atomic E-state index is 12.1. The lowest BCUT2D eigenvalue weighted by Gasteiger charge is -2.24. The number of carbonyl (C=O) groups is 1. The van der Waals surface area contributed by atoms with Crippen LogP contribution in [0.4, 0.5) is 5.82 Å². The highest BCUT2D eigenvalue weighted by Gasteiger charge is 2.37. The number of aromatic nitrogens is 3. The third-order valence-corrected chi connectivity index (χ3v) is 6.17. The quantitative estimate of drug-likeness (QED) is 0.529. The molecule has 1 fully saturated rings. The molecule has 0 bridgehead atoms. The number of anilines is 1.